The van der Waals surface area contributed by atoms with E-state index < -0.39 is 11.6 Å². The molecule has 2 N–H and O–H groups in total. The van der Waals surface area contributed by atoms with Crippen molar-refractivity contribution in [2.24, 2.45) is 0 Å². The van der Waals surface area contributed by atoms with Crippen molar-refractivity contribution in [2.45, 2.75) is 19.0 Å². The summed E-state index contributed by atoms with van der Waals surface area (Å²) in [4.78, 5) is 0. The van der Waals surface area contributed by atoms with E-state index in [1.54, 1.807) is 6.07 Å². The molecule has 0 aliphatic heterocycles. The number of benzene rings is 2. The molecule has 2 nitrogen and oxygen atoms in total. The average molecular weight is 277 g/mol. The van der Waals surface area contributed by atoms with Gasteiger partial charge in [0, 0.05) is 19.2 Å². The molecule has 106 valence electrons. The minimum absolute atomic E-state index is 0.0192. The highest BCUT2D eigenvalue weighted by Gasteiger charge is 2.10. The van der Waals surface area contributed by atoms with Crippen LogP contribution < -0.4 is 5.32 Å². The third kappa shape index (κ3) is 3.85. The minimum Gasteiger partial charge on any atom is -0.396 e. The SMILES string of the molecule is OCC[C@@H](NCc1ccc(F)c(F)c1)c1ccccc1. The molecular formula is C16H17F2NO. The molecule has 0 aliphatic rings. The van der Waals surface area contributed by atoms with E-state index in [1.165, 1.54) is 6.07 Å². The quantitative estimate of drug-likeness (QED) is 0.850. The Morgan fingerprint density at radius 1 is 1.00 bits per heavy atom. The van der Waals surface area contributed by atoms with Crippen LogP contribution in [0, 0.1) is 11.6 Å². The summed E-state index contributed by atoms with van der Waals surface area (Å²) in [5.41, 5.74) is 1.73. The lowest BCUT2D eigenvalue weighted by Gasteiger charge is -2.18. The molecule has 0 heterocycles. The van der Waals surface area contributed by atoms with Crippen LogP contribution in [0.4, 0.5) is 8.78 Å². The topological polar surface area (TPSA) is 32.3 Å². The average Bonchev–Trinajstić information content (AvgIpc) is 2.48. The molecule has 20 heavy (non-hydrogen) atoms. The maximum absolute atomic E-state index is 13.1. The summed E-state index contributed by atoms with van der Waals surface area (Å²) < 4.78 is 26.0. The molecule has 1 atom stereocenters. The van der Waals surface area contributed by atoms with Crippen LogP contribution in [0.5, 0.6) is 0 Å². The van der Waals surface area contributed by atoms with E-state index in [9.17, 15) is 8.78 Å². The molecule has 0 bridgehead atoms. The first-order valence-corrected chi connectivity index (χ1v) is 6.54. The van der Waals surface area contributed by atoms with Gasteiger partial charge < -0.3 is 10.4 Å². The lowest BCUT2D eigenvalue weighted by molar-refractivity contribution is 0.265. The molecule has 0 unspecified atom stereocenters. The Kier molecular flexibility index (Phi) is 5.21. The van der Waals surface area contributed by atoms with Gasteiger partial charge in [-0.1, -0.05) is 36.4 Å². The van der Waals surface area contributed by atoms with Crippen LogP contribution in [-0.2, 0) is 6.54 Å². The van der Waals surface area contributed by atoms with E-state index in [-0.39, 0.29) is 12.6 Å². The molecule has 0 fully saturated rings. The van der Waals surface area contributed by atoms with Crippen molar-refractivity contribution in [1.29, 1.82) is 0 Å². The molecule has 4 heteroatoms. The summed E-state index contributed by atoms with van der Waals surface area (Å²) in [5, 5.41) is 12.4. The van der Waals surface area contributed by atoms with Gasteiger partial charge in [0.15, 0.2) is 11.6 Å². The molecule has 2 aromatic rings. The Balaban J connectivity index is 2.03. The number of nitrogens with one attached hydrogen (secondary N) is 1. The number of aliphatic hydroxyl groups is 1. The highest BCUT2D eigenvalue weighted by Crippen LogP contribution is 2.17. The van der Waals surface area contributed by atoms with Gasteiger partial charge in [-0.25, -0.2) is 8.78 Å². The first-order chi connectivity index (χ1) is 9.70. The summed E-state index contributed by atoms with van der Waals surface area (Å²) in [6.07, 6.45) is 0.563. The van der Waals surface area contributed by atoms with Crippen LogP contribution in [0.15, 0.2) is 48.5 Å². The Hall–Kier alpha value is -1.78. The van der Waals surface area contributed by atoms with Gasteiger partial charge in [-0.05, 0) is 29.7 Å². The van der Waals surface area contributed by atoms with Crippen LogP contribution >= 0.6 is 0 Å². The summed E-state index contributed by atoms with van der Waals surface area (Å²) in [7, 11) is 0. The molecule has 0 amide bonds. The van der Waals surface area contributed by atoms with Gasteiger partial charge in [-0.15, -0.1) is 0 Å². The third-order valence-corrected chi connectivity index (χ3v) is 3.16. The summed E-state index contributed by atoms with van der Waals surface area (Å²) >= 11 is 0. The highest BCUT2D eigenvalue weighted by molar-refractivity contribution is 5.21. The van der Waals surface area contributed by atoms with Crippen molar-refractivity contribution in [2.75, 3.05) is 6.61 Å². The molecule has 0 saturated heterocycles. The highest BCUT2D eigenvalue weighted by atomic mass is 19.2. The van der Waals surface area contributed by atoms with Crippen LogP contribution in [0.2, 0.25) is 0 Å². The lowest BCUT2D eigenvalue weighted by Crippen LogP contribution is -2.22. The zero-order chi connectivity index (χ0) is 14.4. The van der Waals surface area contributed by atoms with Crippen LogP contribution in [0.3, 0.4) is 0 Å². The zero-order valence-corrected chi connectivity index (χ0v) is 11.0. The van der Waals surface area contributed by atoms with Crippen molar-refractivity contribution in [3.63, 3.8) is 0 Å². The fourth-order valence-electron chi connectivity index (χ4n) is 2.09. The van der Waals surface area contributed by atoms with Gasteiger partial charge in [0.2, 0.25) is 0 Å². The van der Waals surface area contributed by atoms with Crippen molar-refractivity contribution < 1.29 is 13.9 Å². The normalized spacial score (nSPS) is 12.3. The lowest BCUT2D eigenvalue weighted by atomic mass is 10.0. The maximum Gasteiger partial charge on any atom is 0.159 e. The molecule has 0 aliphatic carbocycles. The Morgan fingerprint density at radius 3 is 2.40 bits per heavy atom. The first kappa shape index (κ1) is 14.6. The number of aliphatic hydroxyl groups excluding tert-OH is 1. The second-order valence-electron chi connectivity index (χ2n) is 4.60. The van der Waals surface area contributed by atoms with Crippen molar-refractivity contribution in [3.8, 4) is 0 Å². The fraction of sp³-hybridized carbons (Fsp3) is 0.250. The fourth-order valence-corrected chi connectivity index (χ4v) is 2.09. The van der Waals surface area contributed by atoms with E-state index in [0.717, 1.165) is 11.6 Å². The van der Waals surface area contributed by atoms with Crippen LogP contribution in [0.1, 0.15) is 23.6 Å². The number of halogens is 2. The van der Waals surface area contributed by atoms with Crippen LogP contribution in [-0.4, -0.2) is 11.7 Å². The molecule has 0 radical (unpaired) electrons. The number of rotatable bonds is 6. The largest absolute Gasteiger partial charge is 0.396 e. The standard InChI is InChI=1S/C16H17F2NO/c17-14-7-6-12(10-15(14)18)11-19-16(8-9-20)13-4-2-1-3-5-13/h1-7,10,16,19-20H,8-9,11H2/t16-/m1/s1. The van der Waals surface area contributed by atoms with Gasteiger partial charge in [-0.2, -0.15) is 0 Å². The summed E-state index contributed by atoms with van der Waals surface area (Å²) in [5.74, 6) is -1.69. The summed E-state index contributed by atoms with van der Waals surface area (Å²) in [6, 6.07) is 13.6. The van der Waals surface area contributed by atoms with E-state index in [0.29, 0.717) is 18.5 Å². The molecule has 0 aromatic heterocycles. The van der Waals surface area contributed by atoms with Gasteiger partial charge in [-0.3, -0.25) is 0 Å². The van der Waals surface area contributed by atoms with E-state index in [1.807, 2.05) is 30.3 Å². The van der Waals surface area contributed by atoms with E-state index >= 15 is 0 Å². The smallest absolute Gasteiger partial charge is 0.159 e. The van der Waals surface area contributed by atoms with Crippen molar-refractivity contribution in [1.82, 2.24) is 5.32 Å². The number of hydrogen-bond acceptors (Lipinski definition) is 2. The second kappa shape index (κ2) is 7.12. The first-order valence-electron chi connectivity index (χ1n) is 6.54. The maximum atomic E-state index is 13.1. The summed E-state index contributed by atoms with van der Waals surface area (Å²) in [6.45, 7) is 0.473. The van der Waals surface area contributed by atoms with Gasteiger partial charge in [0.1, 0.15) is 0 Å². The Morgan fingerprint density at radius 2 is 1.75 bits per heavy atom. The van der Waals surface area contributed by atoms with Gasteiger partial charge >= 0.3 is 0 Å². The Bertz CT molecular complexity index is 545. The van der Waals surface area contributed by atoms with Gasteiger partial charge in [0.25, 0.3) is 0 Å². The van der Waals surface area contributed by atoms with Crippen LogP contribution in [0.25, 0.3) is 0 Å². The second-order valence-corrected chi connectivity index (χ2v) is 4.60. The molecule has 2 rings (SSSR count). The zero-order valence-electron chi connectivity index (χ0n) is 11.0. The Labute approximate surface area is 117 Å². The third-order valence-electron chi connectivity index (χ3n) is 3.16. The van der Waals surface area contributed by atoms with Gasteiger partial charge in [0.05, 0.1) is 0 Å². The minimum atomic E-state index is -0.845. The van der Waals surface area contributed by atoms with Crippen molar-refractivity contribution in [3.05, 3.63) is 71.3 Å². The molecule has 0 spiro atoms. The van der Waals surface area contributed by atoms with E-state index in [2.05, 4.69) is 5.32 Å². The predicted octanol–water partition coefficient (Wildman–Crippen LogP) is 3.18. The molecule has 2 aromatic carbocycles. The number of hydrogen-bond donors (Lipinski definition) is 2. The van der Waals surface area contributed by atoms with Crippen molar-refractivity contribution >= 4 is 0 Å². The molecule has 0 saturated carbocycles. The van der Waals surface area contributed by atoms with E-state index in [4.69, 9.17) is 5.11 Å². The predicted molar refractivity (Wildman–Crippen MR) is 74.1 cm³/mol. The monoisotopic (exact) mass is 277 g/mol. The molecular weight excluding hydrogens is 260 g/mol.